The first-order valence-electron chi connectivity index (χ1n) is 13.0. The monoisotopic (exact) mass is 672 g/mol. The van der Waals surface area contributed by atoms with Gasteiger partial charge in [0.2, 0.25) is 11.8 Å². The molecule has 4 rings (SSSR count). The Bertz CT molecular complexity index is 1510. The molecule has 4 amide bonds. The third-order valence-electron chi connectivity index (χ3n) is 6.34. The van der Waals surface area contributed by atoms with E-state index < -0.39 is 35.6 Å². The summed E-state index contributed by atoms with van der Waals surface area (Å²) in [4.78, 5) is 76.7. The lowest BCUT2D eigenvalue weighted by atomic mass is 10.1. The molecule has 44 heavy (non-hydrogen) atoms. The van der Waals surface area contributed by atoms with Crippen molar-refractivity contribution >= 4 is 104 Å². The van der Waals surface area contributed by atoms with E-state index in [0.717, 1.165) is 23.5 Å². The van der Waals surface area contributed by atoms with Crippen LogP contribution >= 0.6 is 48.0 Å². The quantitative estimate of drug-likeness (QED) is 0.188. The van der Waals surface area contributed by atoms with Crippen LogP contribution in [0.3, 0.4) is 0 Å². The molecule has 0 unspecified atom stereocenters. The number of hydrogen-bond acceptors (Lipinski definition) is 10. The van der Waals surface area contributed by atoms with Gasteiger partial charge < -0.3 is 20.8 Å². The maximum Gasteiger partial charge on any atom is 0.337 e. The molecular formula is C28H24N4O8S4. The zero-order valence-corrected chi connectivity index (χ0v) is 26.0. The Labute approximate surface area is 270 Å². The van der Waals surface area contributed by atoms with Crippen LogP contribution in [0.5, 0.6) is 0 Å². The number of rotatable bonds is 12. The van der Waals surface area contributed by atoms with Gasteiger partial charge in [0, 0.05) is 25.9 Å². The largest absolute Gasteiger partial charge is 0.478 e. The number of benzene rings is 2. The van der Waals surface area contributed by atoms with Crippen LogP contribution in [0.15, 0.2) is 58.3 Å². The topological polar surface area (TPSA) is 173 Å². The Morgan fingerprint density at radius 2 is 1.02 bits per heavy atom. The van der Waals surface area contributed by atoms with Crippen molar-refractivity contribution in [2.24, 2.45) is 0 Å². The second-order valence-electron chi connectivity index (χ2n) is 9.31. The molecule has 16 heteroatoms. The second-order valence-corrected chi connectivity index (χ2v) is 12.6. The average Bonchev–Trinajstić information content (AvgIpc) is 3.42. The number of anilines is 2. The Morgan fingerprint density at radius 1 is 0.659 bits per heavy atom. The SMILES string of the molecule is O=C(CCCN1C(=O)/C(=C2\SC(=S)N(CCCC(=O)Nc3ccccc3C(=O)O)C2=O)SC1=S)Nc1ccccc1C(=O)O. The molecule has 0 bridgehead atoms. The van der Waals surface area contributed by atoms with Crippen LogP contribution in [0.25, 0.3) is 0 Å². The predicted molar refractivity (Wildman–Crippen MR) is 173 cm³/mol. The van der Waals surface area contributed by atoms with Gasteiger partial charge in [-0.2, -0.15) is 0 Å². The van der Waals surface area contributed by atoms with E-state index >= 15 is 0 Å². The number of carboxylic acids is 2. The van der Waals surface area contributed by atoms with Crippen LogP contribution in [0, 0.1) is 0 Å². The highest BCUT2D eigenvalue weighted by molar-refractivity contribution is 8.29. The minimum absolute atomic E-state index is 0.00205. The summed E-state index contributed by atoms with van der Waals surface area (Å²) in [5, 5.41) is 23.7. The van der Waals surface area contributed by atoms with Crippen LogP contribution < -0.4 is 10.6 Å². The molecule has 2 heterocycles. The zero-order chi connectivity index (χ0) is 32.0. The Kier molecular flexibility index (Phi) is 10.9. The molecule has 0 spiro atoms. The Morgan fingerprint density at radius 3 is 1.39 bits per heavy atom. The molecule has 2 aromatic carbocycles. The van der Waals surface area contributed by atoms with Crippen molar-refractivity contribution in [3.8, 4) is 0 Å². The van der Waals surface area contributed by atoms with Gasteiger partial charge in [0.1, 0.15) is 8.64 Å². The first-order chi connectivity index (χ1) is 21.0. The van der Waals surface area contributed by atoms with E-state index in [0.29, 0.717) is 0 Å². The number of amides is 4. The van der Waals surface area contributed by atoms with E-state index in [1.165, 1.54) is 34.1 Å². The standard InChI is InChI=1S/C28H24N4O8S4/c33-19(29-17-9-3-1-7-15(17)25(37)38)11-5-13-31-23(35)21(43-27(31)41)22-24(36)32(28(42)44-22)14-6-12-20(34)30-18-10-4-2-8-16(18)26(39)40/h1-4,7-10H,5-6,11-14H2,(H,29,33)(H,30,34)(H,37,38)(H,39,40)/b22-21+. The van der Waals surface area contributed by atoms with E-state index in [1.807, 2.05) is 0 Å². The highest BCUT2D eigenvalue weighted by Gasteiger charge is 2.41. The summed E-state index contributed by atoms with van der Waals surface area (Å²) in [6, 6.07) is 12.0. The number of nitrogens with zero attached hydrogens (tertiary/aromatic N) is 2. The summed E-state index contributed by atoms with van der Waals surface area (Å²) >= 11 is 12.6. The van der Waals surface area contributed by atoms with Crippen molar-refractivity contribution in [1.29, 1.82) is 0 Å². The molecule has 0 aromatic heterocycles. The molecule has 4 N–H and O–H groups in total. The molecule has 0 radical (unpaired) electrons. The number of nitrogens with one attached hydrogen (secondary N) is 2. The van der Waals surface area contributed by atoms with Gasteiger partial charge in [0.15, 0.2) is 0 Å². The number of thioether (sulfide) groups is 2. The molecule has 2 aliphatic rings. The fourth-order valence-corrected chi connectivity index (χ4v) is 7.01. The summed E-state index contributed by atoms with van der Waals surface area (Å²) in [6.45, 7) is 0.227. The molecule has 228 valence electrons. The fraction of sp³-hybridized carbons (Fsp3) is 0.214. The number of carboxylic acid groups (broad SMARTS) is 2. The Hall–Kier alpha value is -4.12. The van der Waals surface area contributed by atoms with Crippen LogP contribution in [0.2, 0.25) is 0 Å². The second kappa shape index (κ2) is 14.6. The van der Waals surface area contributed by atoms with E-state index in [2.05, 4.69) is 10.6 Å². The predicted octanol–water partition coefficient (Wildman–Crippen LogP) is 4.15. The van der Waals surface area contributed by atoms with E-state index in [9.17, 15) is 39.0 Å². The number of aromatic carboxylic acids is 2. The van der Waals surface area contributed by atoms with Crippen molar-refractivity contribution in [3.05, 3.63) is 69.5 Å². The lowest BCUT2D eigenvalue weighted by Gasteiger charge is -2.15. The summed E-state index contributed by atoms with van der Waals surface area (Å²) in [5.74, 6) is -4.15. The van der Waals surface area contributed by atoms with Gasteiger partial charge in [0.05, 0.1) is 32.3 Å². The summed E-state index contributed by atoms with van der Waals surface area (Å²) in [7, 11) is 0. The number of carbonyl (C=O) groups excluding carboxylic acids is 4. The third-order valence-corrected chi connectivity index (χ3v) is 9.36. The minimum atomic E-state index is -1.17. The van der Waals surface area contributed by atoms with Gasteiger partial charge in [-0.15, -0.1) is 0 Å². The molecule has 2 aromatic rings. The zero-order valence-electron chi connectivity index (χ0n) is 22.7. The van der Waals surface area contributed by atoms with Crippen molar-refractivity contribution < 1.29 is 39.0 Å². The third kappa shape index (κ3) is 7.68. The van der Waals surface area contributed by atoms with E-state index in [4.69, 9.17) is 24.4 Å². The summed E-state index contributed by atoms with van der Waals surface area (Å²) in [5.41, 5.74) is 0.253. The molecule has 2 aliphatic heterocycles. The van der Waals surface area contributed by atoms with Gasteiger partial charge in [-0.25, -0.2) is 9.59 Å². The van der Waals surface area contributed by atoms with Crippen LogP contribution in [-0.2, 0) is 19.2 Å². The highest BCUT2D eigenvalue weighted by atomic mass is 32.2. The van der Waals surface area contributed by atoms with Crippen molar-refractivity contribution in [2.75, 3.05) is 23.7 Å². The van der Waals surface area contributed by atoms with Crippen molar-refractivity contribution in [2.45, 2.75) is 25.7 Å². The van der Waals surface area contributed by atoms with Crippen LogP contribution in [-0.4, -0.2) is 77.3 Å². The van der Waals surface area contributed by atoms with Gasteiger partial charge in [0.25, 0.3) is 11.8 Å². The van der Waals surface area contributed by atoms with Crippen molar-refractivity contribution in [3.63, 3.8) is 0 Å². The molecular weight excluding hydrogens is 649 g/mol. The number of carbonyl (C=O) groups is 6. The maximum absolute atomic E-state index is 13.2. The van der Waals surface area contributed by atoms with Crippen molar-refractivity contribution in [1.82, 2.24) is 9.80 Å². The van der Waals surface area contributed by atoms with Gasteiger partial charge in [-0.05, 0) is 37.1 Å². The number of para-hydroxylation sites is 2. The number of hydrogen-bond donors (Lipinski definition) is 4. The lowest BCUT2D eigenvalue weighted by Crippen LogP contribution is -2.31. The first-order valence-corrected chi connectivity index (χ1v) is 15.5. The molecule has 0 saturated carbocycles. The normalized spacial score (nSPS) is 16.5. The fourth-order valence-electron chi connectivity index (χ4n) is 4.23. The van der Waals surface area contributed by atoms with Crippen LogP contribution in [0.4, 0.5) is 11.4 Å². The molecule has 0 aliphatic carbocycles. The van der Waals surface area contributed by atoms with Crippen LogP contribution in [0.1, 0.15) is 46.4 Å². The highest BCUT2D eigenvalue weighted by Crippen LogP contribution is 2.42. The molecule has 2 fully saturated rings. The van der Waals surface area contributed by atoms with E-state index in [1.54, 1.807) is 24.3 Å². The first kappa shape index (κ1) is 32.8. The lowest BCUT2D eigenvalue weighted by molar-refractivity contribution is -0.124. The maximum atomic E-state index is 13.2. The molecule has 0 atom stereocenters. The molecule has 2 saturated heterocycles. The summed E-state index contributed by atoms with van der Waals surface area (Å²) < 4.78 is 0.454. The van der Waals surface area contributed by atoms with Gasteiger partial charge in [-0.1, -0.05) is 72.2 Å². The molecule has 12 nitrogen and oxygen atoms in total. The average molecular weight is 673 g/mol. The van der Waals surface area contributed by atoms with E-state index in [-0.39, 0.29) is 79.7 Å². The Balaban J connectivity index is 1.29. The minimum Gasteiger partial charge on any atom is -0.478 e. The number of thiocarbonyl (C=S) groups is 2. The smallest absolute Gasteiger partial charge is 0.337 e. The summed E-state index contributed by atoms with van der Waals surface area (Å²) in [6.07, 6.45) is 0.470. The van der Waals surface area contributed by atoms with Gasteiger partial charge >= 0.3 is 11.9 Å². The van der Waals surface area contributed by atoms with Gasteiger partial charge in [-0.3, -0.25) is 29.0 Å².